The van der Waals surface area contributed by atoms with Gasteiger partial charge in [0.1, 0.15) is 11.3 Å². The predicted octanol–water partition coefficient (Wildman–Crippen LogP) is 2.70. The Morgan fingerprint density at radius 2 is 2.24 bits per heavy atom. The Hall–Kier alpha value is -1.84. The molecule has 1 aliphatic rings. The summed E-state index contributed by atoms with van der Waals surface area (Å²) in [6, 6.07) is 3.59. The molecule has 17 heavy (non-hydrogen) atoms. The summed E-state index contributed by atoms with van der Waals surface area (Å²) in [5, 5.41) is 0. The monoisotopic (exact) mass is 230 g/mol. The van der Waals surface area contributed by atoms with E-state index in [1.165, 1.54) is 12.8 Å². The van der Waals surface area contributed by atoms with E-state index in [-0.39, 0.29) is 0 Å². The zero-order valence-corrected chi connectivity index (χ0v) is 9.48. The zero-order valence-electron chi connectivity index (χ0n) is 9.48. The van der Waals surface area contributed by atoms with E-state index >= 15 is 0 Å². The number of aromatic amines is 1. The molecule has 2 aromatic heterocycles. The number of hydrogen-bond donors (Lipinski definition) is 1. The summed E-state index contributed by atoms with van der Waals surface area (Å²) in [6.45, 7) is 0. The molecule has 0 radical (unpaired) electrons. The Morgan fingerprint density at radius 1 is 1.41 bits per heavy atom. The SMILES string of the molecule is O=Cc1cc2nccc(OC3CCCC3)c2[nH]1. The summed E-state index contributed by atoms with van der Waals surface area (Å²) in [7, 11) is 0. The third-order valence-corrected chi connectivity index (χ3v) is 3.23. The van der Waals surface area contributed by atoms with E-state index in [4.69, 9.17) is 4.74 Å². The van der Waals surface area contributed by atoms with Crippen LogP contribution >= 0.6 is 0 Å². The van der Waals surface area contributed by atoms with E-state index in [1.54, 1.807) is 12.3 Å². The molecule has 1 aliphatic carbocycles. The van der Waals surface area contributed by atoms with Gasteiger partial charge in [0.2, 0.25) is 0 Å². The number of nitrogens with zero attached hydrogens (tertiary/aromatic N) is 1. The van der Waals surface area contributed by atoms with Crippen molar-refractivity contribution in [3.05, 3.63) is 24.0 Å². The molecule has 0 atom stereocenters. The minimum absolute atomic E-state index is 0.309. The van der Waals surface area contributed by atoms with E-state index in [2.05, 4.69) is 9.97 Å². The predicted molar refractivity (Wildman–Crippen MR) is 64.4 cm³/mol. The van der Waals surface area contributed by atoms with Crippen molar-refractivity contribution >= 4 is 17.3 Å². The van der Waals surface area contributed by atoms with Crippen LogP contribution in [-0.4, -0.2) is 22.4 Å². The minimum atomic E-state index is 0.309. The van der Waals surface area contributed by atoms with Crippen LogP contribution in [0.1, 0.15) is 36.2 Å². The lowest BCUT2D eigenvalue weighted by Gasteiger charge is -2.13. The first-order valence-electron chi connectivity index (χ1n) is 5.96. The Balaban J connectivity index is 1.96. The molecule has 2 heterocycles. The first-order chi connectivity index (χ1) is 8.36. The molecule has 88 valence electrons. The second-order valence-corrected chi connectivity index (χ2v) is 4.44. The topological polar surface area (TPSA) is 55.0 Å². The number of pyridine rings is 1. The number of carbonyl (C=O) groups is 1. The van der Waals surface area contributed by atoms with E-state index in [9.17, 15) is 4.79 Å². The van der Waals surface area contributed by atoms with Crippen molar-refractivity contribution in [2.45, 2.75) is 31.8 Å². The van der Waals surface area contributed by atoms with Gasteiger partial charge >= 0.3 is 0 Å². The molecule has 0 saturated heterocycles. The fourth-order valence-electron chi connectivity index (χ4n) is 2.37. The summed E-state index contributed by atoms with van der Waals surface area (Å²) in [5.41, 5.74) is 2.14. The van der Waals surface area contributed by atoms with Crippen LogP contribution in [0.4, 0.5) is 0 Å². The molecule has 1 saturated carbocycles. The zero-order chi connectivity index (χ0) is 11.7. The Bertz CT molecular complexity index is 541. The number of rotatable bonds is 3. The molecule has 1 N–H and O–H groups in total. The Labute approximate surface area is 99.0 Å². The van der Waals surface area contributed by atoms with Crippen LogP contribution in [0.25, 0.3) is 11.0 Å². The Kier molecular flexibility index (Phi) is 2.55. The lowest BCUT2D eigenvalue weighted by molar-refractivity contribution is 0.112. The van der Waals surface area contributed by atoms with Gasteiger partial charge in [0.15, 0.2) is 6.29 Å². The molecule has 0 aromatic carbocycles. The fourth-order valence-corrected chi connectivity index (χ4v) is 2.37. The molecule has 2 aromatic rings. The summed E-state index contributed by atoms with van der Waals surface area (Å²) in [6.07, 6.45) is 7.53. The van der Waals surface area contributed by atoms with Gasteiger partial charge in [-0.3, -0.25) is 9.78 Å². The second kappa shape index (κ2) is 4.20. The lowest BCUT2D eigenvalue weighted by Crippen LogP contribution is -2.11. The lowest BCUT2D eigenvalue weighted by atomic mass is 10.3. The Morgan fingerprint density at radius 3 is 3.00 bits per heavy atom. The third kappa shape index (κ3) is 1.90. The highest BCUT2D eigenvalue weighted by Crippen LogP contribution is 2.28. The highest BCUT2D eigenvalue weighted by Gasteiger charge is 2.18. The normalized spacial score (nSPS) is 16.5. The molecule has 0 spiro atoms. The molecule has 4 heteroatoms. The molecule has 0 unspecified atom stereocenters. The number of aromatic nitrogens is 2. The van der Waals surface area contributed by atoms with Crippen LogP contribution in [0.15, 0.2) is 18.3 Å². The van der Waals surface area contributed by atoms with E-state index in [0.717, 1.165) is 35.9 Å². The quantitative estimate of drug-likeness (QED) is 0.825. The fraction of sp³-hybridized carbons (Fsp3) is 0.385. The van der Waals surface area contributed by atoms with Crippen molar-refractivity contribution in [3.63, 3.8) is 0 Å². The average molecular weight is 230 g/mol. The first kappa shape index (κ1) is 10.3. The van der Waals surface area contributed by atoms with Gasteiger partial charge in [0.25, 0.3) is 0 Å². The largest absolute Gasteiger partial charge is 0.488 e. The van der Waals surface area contributed by atoms with Crippen molar-refractivity contribution in [2.24, 2.45) is 0 Å². The molecule has 4 nitrogen and oxygen atoms in total. The van der Waals surface area contributed by atoms with Crippen LogP contribution in [0.2, 0.25) is 0 Å². The van der Waals surface area contributed by atoms with Crippen molar-refractivity contribution in [2.75, 3.05) is 0 Å². The van der Waals surface area contributed by atoms with E-state index in [1.807, 2.05) is 6.07 Å². The van der Waals surface area contributed by atoms with Gasteiger partial charge in [-0.2, -0.15) is 0 Å². The van der Waals surface area contributed by atoms with Gasteiger partial charge in [-0.15, -0.1) is 0 Å². The first-order valence-corrected chi connectivity index (χ1v) is 5.96. The van der Waals surface area contributed by atoms with Crippen LogP contribution in [0, 0.1) is 0 Å². The average Bonchev–Trinajstić information content (AvgIpc) is 2.97. The van der Waals surface area contributed by atoms with E-state index in [0.29, 0.717) is 11.8 Å². The molecule has 3 rings (SSSR count). The van der Waals surface area contributed by atoms with Gasteiger partial charge in [-0.05, 0) is 31.7 Å². The highest BCUT2D eigenvalue weighted by atomic mass is 16.5. The third-order valence-electron chi connectivity index (χ3n) is 3.23. The molecule has 0 bridgehead atoms. The van der Waals surface area contributed by atoms with Crippen molar-refractivity contribution in [3.8, 4) is 5.75 Å². The second-order valence-electron chi connectivity index (χ2n) is 4.44. The van der Waals surface area contributed by atoms with Gasteiger partial charge in [0.05, 0.1) is 17.3 Å². The maximum Gasteiger partial charge on any atom is 0.166 e. The van der Waals surface area contributed by atoms with E-state index < -0.39 is 0 Å². The number of H-pyrrole nitrogens is 1. The van der Waals surface area contributed by atoms with Gasteiger partial charge in [0, 0.05) is 12.3 Å². The maximum atomic E-state index is 10.7. The van der Waals surface area contributed by atoms with Crippen LogP contribution in [0.5, 0.6) is 5.75 Å². The van der Waals surface area contributed by atoms with Gasteiger partial charge in [-0.1, -0.05) is 0 Å². The number of nitrogens with one attached hydrogen (secondary N) is 1. The molecular formula is C13H14N2O2. The number of carbonyl (C=O) groups excluding carboxylic acids is 1. The number of ether oxygens (including phenoxy) is 1. The number of fused-ring (bicyclic) bond motifs is 1. The summed E-state index contributed by atoms with van der Waals surface area (Å²) in [5.74, 6) is 0.801. The summed E-state index contributed by atoms with van der Waals surface area (Å²) >= 11 is 0. The summed E-state index contributed by atoms with van der Waals surface area (Å²) in [4.78, 5) is 18.0. The van der Waals surface area contributed by atoms with Crippen LogP contribution in [-0.2, 0) is 0 Å². The molecular weight excluding hydrogens is 216 g/mol. The maximum absolute atomic E-state index is 10.7. The highest BCUT2D eigenvalue weighted by molar-refractivity contribution is 5.88. The van der Waals surface area contributed by atoms with Crippen molar-refractivity contribution in [1.82, 2.24) is 9.97 Å². The number of aldehydes is 1. The molecule has 0 amide bonds. The van der Waals surface area contributed by atoms with Crippen LogP contribution in [0.3, 0.4) is 0 Å². The van der Waals surface area contributed by atoms with Crippen molar-refractivity contribution < 1.29 is 9.53 Å². The summed E-state index contributed by atoms with van der Waals surface area (Å²) < 4.78 is 5.96. The minimum Gasteiger partial charge on any atom is -0.488 e. The molecule has 1 fully saturated rings. The van der Waals surface area contributed by atoms with Crippen LogP contribution < -0.4 is 4.74 Å². The number of hydrogen-bond acceptors (Lipinski definition) is 3. The molecule has 0 aliphatic heterocycles. The van der Waals surface area contributed by atoms with Gasteiger partial charge < -0.3 is 9.72 Å². The standard InChI is InChI=1S/C13H14N2O2/c16-8-9-7-11-13(15-9)12(5-6-14-11)17-10-3-1-2-4-10/h5-8,10,15H,1-4H2. The smallest absolute Gasteiger partial charge is 0.166 e. The van der Waals surface area contributed by atoms with Gasteiger partial charge in [-0.25, -0.2) is 0 Å². The van der Waals surface area contributed by atoms with Crippen molar-refractivity contribution in [1.29, 1.82) is 0 Å².